The molecular weight excluding hydrogens is 233 g/mol. The van der Waals surface area contributed by atoms with E-state index in [4.69, 9.17) is 19.6 Å². The van der Waals surface area contributed by atoms with E-state index in [1.54, 1.807) is 19.9 Å². The van der Waals surface area contributed by atoms with Crippen LogP contribution in [0.5, 0.6) is 5.75 Å². The van der Waals surface area contributed by atoms with Crippen LogP contribution < -0.4 is 4.52 Å². The summed E-state index contributed by atoms with van der Waals surface area (Å²) in [5.41, 5.74) is 1.97. The summed E-state index contributed by atoms with van der Waals surface area (Å²) in [5, 5.41) is 8.76. The molecule has 1 aromatic rings. The van der Waals surface area contributed by atoms with Crippen molar-refractivity contribution in [2.24, 2.45) is 0 Å². The lowest BCUT2D eigenvalue weighted by Crippen LogP contribution is -1.95. The maximum atomic E-state index is 9.01. The number of nitrogens with zero attached hydrogens (tertiary/aromatic N) is 1. The molecular formula is C9H10NO3PS. The summed E-state index contributed by atoms with van der Waals surface area (Å²) < 4.78 is 4.84. The Morgan fingerprint density at radius 3 is 2.40 bits per heavy atom. The standard InChI is InChI=1S/C9H10NO3PS/c1-6-7(2)9(13-14(11,12)15)4-3-8(6)5-10/h3-4H,1-2H3,(H2,11,12,15). The first-order valence-corrected chi connectivity index (χ1v) is 6.73. The predicted molar refractivity (Wildman–Crippen MR) is 60.0 cm³/mol. The number of hydrogen-bond acceptors (Lipinski definition) is 3. The highest BCUT2D eigenvalue weighted by atomic mass is 32.5. The van der Waals surface area contributed by atoms with Crippen LogP contribution in [0.3, 0.4) is 0 Å². The summed E-state index contributed by atoms with van der Waals surface area (Å²) in [5.74, 6) is 0.305. The highest BCUT2D eigenvalue weighted by Crippen LogP contribution is 2.40. The topological polar surface area (TPSA) is 73.5 Å². The van der Waals surface area contributed by atoms with Crippen LogP contribution in [0.15, 0.2) is 12.1 Å². The zero-order valence-electron chi connectivity index (χ0n) is 8.26. The zero-order chi connectivity index (χ0) is 11.6. The van der Waals surface area contributed by atoms with Gasteiger partial charge in [-0.3, -0.25) is 0 Å². The average Bonchev–Trinajstić information content (AvgIpc) is 2.11. The van der Waals surface area contributed by atoms with Crippen molar-refractivity contribution in [3.63, 3.8) is 0 Å². The van der Waals surface area contributed by atoms with Crippen LogP contribution in [0.4, 0.5) is 0 Å². The van der Waals surface area contributed by atoms with Gasteiger partial charge in [-0.15, -0.1) is 0 Å². The molecule has 0 aliphatic rings. The number of nitriles is 1. The first kappa shape index (κ1) is 12.2. The van der Waals surface area contributed by atoms with Crippen molar-refractivity contribution in [2.45, 2.75) is 13.8 Å². The Morgan fingerprint density at radius 2 is 1.93 bits per heavy atom. The first-order valence-electron chi connectivity index (χ1n) is 4.10. The van der Waals surface area contributed by atoms with E-state index in [9.17, 15) is 0 Å². The highest BCUT2D eigenvalue weighted by molar-refractivity contribution is 8.06. The molecule has 80 valence electrons. The molecule has 0 amide bonds. The third-order valence-corrected chi connectivity index (χ3v) is 2.73. The van der Waals surface area contributed by atoms with E-state index in [0.717, 1.165) is 5.56 Å². The lowest BCUT2D eigenvalue weighted by atomic mass is 10.0. The Bertz CT molecular complexity index is 475. The van der Waals surface area contributed by atoms with Crippen molar-refractivity contribution in [1.29, 1.82) is 5.26 Å². The van der Waals surface area contributed by atoms with Gasteiger partial charge in [0.1, 0.15) is 5.75 Å². The quantitative estimate of drug-likeness (QED) is 0.774. The first-order chi connectivity index (χ1) is 6.85. The molecule has 2 N–H and O–H groups in total. The van der Waals surface area contributed by atoms with Crippen molar-refractivity contribution in [3.05, 3.63) is 28.8 Å². The minimum absolute atomic E-state index is 0.305. The predicted octanol–water partition coefficient (Wildman–Crippen LogP) is 1.76. The average molecular weight is 243 g/mol. The Labute approximate surface area is 93.0 Å². The van der Waals surface area contributed by atoms with Gasteiger partial charge in [-0.2, -0.15) is 5.26 Å². The van der Waals surface area contributed by atoms with Crippen molar-refractivity contribution in [3.8, 4) is 11.8 Å². The van der Waals surface area contributed by atoms with Crippen molar-refractivity contribution in [2.75, 3.05) is 0 Å². The summed E-state index contributed by atoms with van der Waals surface area (Å²) in [4.78, 5) is 18.0. The van der Waals surface area contributed by atoms with Crippen molar-refractivity contribution in [1.82, 2.24) is 0 Å². The molecule has 0 atom stereocenters. The monoisotopic (exact) mass is 243 g/mol. The van der Waals surface area contributed by atoms with E-state index in [2.05, 4.69) is 11.8 Å². The van der Waals surface area contributed by atoms with Gasteiger partial charge in [0.2, 0.25) is 0 Å². The van der Waals surface area contributed by atoms with Crippen LogP contribution in [0.25, 0.3) is 0 Å². The largest absolute Gasteiger partial charge is 0.424 e. The summed E-state index contributed by atoms with van der Waals surface area (Å²) in [6.07, 6.45) is 0. The van der Waals surface area contributed by atoms with Crippen LogP contribution in [-0.4, -0.2) is 9.79 Å². The fraction of sp³-hybridized carbons (Fsp3) is 0.222. The van der Waals surface area contributed by atoms with E-state index in [1.807, 2.05) is 6.07 Å². The molecule has 15 heavy (non-hydrogen) atoms. The van der Waals surface area contributed by atoms with Gasteiger partial charge < -0.3 is 14.3 Å². The molecule has 1 rings (SSSR count). The molecule has 0 heterocycles. The highest BCUT2D eigenvalue weighted by Gasteiger charge is 2.14. The maximum absolute atomic E-state index is 9.01. The van der Waals surface area contributed by atoms with Crippen LogP contribution >= 0.6 is 6.72 Å². The second kappa shape index (κ2) is 4.30. The minimum atomic E-state index is -3.71. The van der Waals surface area contributed by atoms with Gasteiger partial charge in [-0.05, 0) is 37.1 Å². The summed E-state index contributed by atoms with van der Waals surface area (Å²) in [6, 6.07) is 5.10. The second-order valence-corrected chi connectivity index (χ2v) is 5.65. The summed E-state index contributed by atoms with van der Waals surface area (Å²) >= 11 is 4.37. The van der Waals surface area contributed by atoms with Gasteiger partial charge in [0, 0.05) is 11.8 Å². The molecule has 0 spiro atoms. The van der Waals surface area contributed by atoms with Crippen molar-refractivity contribution < 1.29 is 14.3 Å². The third-order valence-electron chi connectivity index (χ3n) is 2.08. The minimum Gasteiger partial charge on any atom is -0.424 e. The van der Waals surface area contributed by atoms with Gasteiger partial charge in [-0.25, -0.2) is 0 Å². The summed E-state index contributed by atoms with van der Waals surface area (Å²) in [7, 11) is 0. The zero-order valence-corrected chi connectivity index (χ0v) is 9.97. The molecule has 4 nitrogen and oxygen atoms in total. The molecule has 0 aromatic heterocycles. The molecule has 0 unspecified atom stereocenters. The Hall–Kier alpha value is -0.920. The molecule has 1 aromatic carbocycles. The van der Waals surface area contributed by atoms with Crippen LogP contribution in [0.2, 0.25) is 0 Å². The van der Waals surface area contributed by atoms with Gasteiger partial charge in [0.15, 0.2) is 0 Å². The van der Waals surface area contributed by atoms with Crippen LogP contribution in [0, 0.1) is 25.2 Å². The van der Waals surface area contributed by atoms with Crippen molar-refractivity contribution >= 4 is 18.5 Å². The Balaban J connectivity index is 3.20. The normalized spacial score (nSPS) is 10.9. The van der Waals surface area contributed by atoms with E-state index < -0.39 is 6.72 Å². The molecule has 0 saturated carbocycles. The fourth-order valence-corrected chi connectivity index (χ4v) is 1.84. The maximum Gasteiger partial charge on any atom is 0.375 e. The lowest BCUT2D eigenvalue weighted by Gasteiger charge is -2.14. The molecule has 0 radical (unpaired) electrons. The number of rotatable bonds is 2. The molecule has 6 heteroatoms. The number of hydrogen-bond donors (Lipinski definition) is 2. The van der Waals surface area contributed by atoms with E-state index >= 15 is 0 Å². The molecule has 0 aliphatic carbocycles. The molecule has 0 fully saturated rings. The molecule has 0 bridgehead atoms. The van der Waals surface area contributed by atoms with Gasteiger partial charge in [0.25, 0.3) is 0 Å². The van der Waals surface area contributed by atoms with Gasteiger partial charge in [-0.1, -0.05) is 0 Å². The van der Waals surface area contributed by atoms with Crippen LogP contribution in [0.1, 0.15) is 16.7 Å². The SMILES string of the molecule is Cc1c(C#N)ccc(OP(O)(O)=S)c1C. The molecule has 0 saturated heterocycles. The van der Waals surface area contributed by atoms with E-state index in [0.29, 0.717) is 16.9 Å². The lowest BCUT2D eigenvalue weighted by molar-refractivity contribution is 0.369. The third kappa shape index (κ3) is 3.01. The van der Waals surface area contributed by atoms with Gasteiger partial charge >= 0.3 is 6.72 Å². The fourth-order valence-electron chi connectivity index (χ4n) is 1.14. The second-order valence-electron chi connectivity index (χ2n) is 3.05. The molecule has 0 aliphatic heterocycles. The van der Waals surface area contributed by atoms with Crippen LogP contribution in [-0.2, 0) is 11.8 Å². The van der Waals surface area contributed by atoms with E-state index in [1.165, 1.54) is 6.07 Å². The Morgan fingerprint density at radius 1 is 1.33 bits per heavy atom. The van der Waals surface area contributed by atoms with E-state index in [-0.39, 0.29) is 0 Å². The number of benzene rings is 1. The smallest absolute Gasteiger partial charge is 0.375 e. The Kier molecular flexibility index (Phi) is 3.48. The van der Waals surface area contributed by atoms with Gasteiger partial charge in [0.05, 0.1) is 11.6 Å². The summed E-state index contributed by atoms with van der Waals surface area (Å²) in [6.45, 7) is -0.212.